The van der Waals surface area contributed by atoms with Crippen LogP contribution in [0.25, 0.3) is 0 Å². The molecule has 1 heterocycles. The van der Waals surface area contributed by atoms with Crippen LogP contribution < -0.4 is 20.1 Å². The van der Waals surface area contributed by atoms with Gasteiger partial charge < -0.3 is 20.1 Å². The molecule has 0 spiro atoms. The van der Waals surface area contributed by atoms with E-state index < -0.39 is 0 Å². The first-order valence-electron chi connectivity index (χ1n) is 8.60. The molecule has 0 radical (unpaired) electrons. The minimum atomic E-state index is -0.0674. The van der Waals surface area contributed by atoms with Crippen LogP contribution in [0.3, 0.4) is 0 Å². The number of aryl methyl sites for hydroxylation is 1. The average molecular weight is 340 g/mol. The molecule has 1 amide bonds. The van der Waals surface area contributed by atoms with Crippen LogP contribution in [0.5, 0.6) is 11.5 Å². The Morgan fingerprint density at radius 1 is 1.24 bits per heavy atom. The van der Waals surface area contributed by atoms with Gasteiger partial charge in [0.2, 0.25) is 0 Å². The van der Waals surface area contributed by atoms with E-state index in [0.29, 0.717) is 18.9 Å². The second kappa shape index (κ2) is 7.57. The summed E-state index contributed by atoms with van der Waals surface area (Å²) < 4.78 is 11.3. The van der Waals surface area contributed by atoms with Gasteiger partial charge in [-0.1, -0.05) is 30.7 Å². The Kier molecular flexibility index (Phi) is 5.24. The molecule has 1 atom stereocenters. The lowest BCUT2D eigenvalue weighted by Crippen LogP contribution is -2.41. The van der Waals surface area contributed by atoms with E-state index in [0.717, 1.165) is 23.4 Å². The van der Waals surface area contributed by atoms with Crippen LogP contribution in [0, 0.1) is 6.92 Å². The summed E-state index contributed by atoms with van der Waals surface area (Å²) in [5, 5.41) is 0. The van der Waals surface area contributed by atoms with Crippen LogP contribution in [0.4, 0.5) is 5.69 Å². The number of rotatable bonds is 6. The molecule has 132 valence electrons. The largest absolute Gasteiger partial charge is 0.492 e. The normalized spacial score (nSPS) is 14.7. The van der Waals surface area contributed by atoms with Gasteiger partial charge in [0, 0.05) is 6.04 Å². The van der Waals surface area contributed by atoms with Gasteiger partial charge in [0.25, 0.3) is 5.91 Å². The van der Waals surface area contributed by atoms with Gasteiger partial charge in [-0.3, -0.25) is 4.79 Å². The van der Waals surface area contributed by atoms with Gasteiger partial charge in [0.15, 0.2) is 6.61 Å². The molecule has 0 bridgehead atoms. The van der Waals surface area contributed by atoms with E-state index in [1.54, 1.807) is 4.90 Å². The van der Waals surface area contributed by atoms with Crippen LogP contribution >= 0.6 is 0 Å². The average Bonchev–Trinajstić information content (AvgIpc) is 2.64. The van der Waals surface area contributed by atoms with E-state index in [9.17, 15) is 4.79 Å². The Morgan fingerprint density at radius 2 is 2.00 bits per heavy atom. The van der Waals surface area contributed by atoms with Crippen LogP contribution in [0.15, 0.2) is 42.5 Å². The Balaban J connectivity index is 1.72. The van der Waals surface area contributed by atoms with Crippen molar-refractivity contribution >= 4 is 11.6 Å². The lowest BCUT2D eigenvalue weighted by Gasteiger charge is -2.30. The molecule has 5 heteroatoms. The number of anilines is 1. The van der Waals surface area contributed by atoms with Gasteiger partial charge in [0.1, 0.15) is 18.1 Å². The minimum Gasteiger partial charge on any atom is -0.492 e. The molecule has 2 aromatic rings. The molecule has 2 aromatic carbocycles. The van der Waals surface area contributed by atoms with E-state index in [1.165, 1.54) is 5.56 Å². The smallest absolute Gasteiger partial charge is 0.265 e. The van der Waals surface area contributed by atoms with Crippen molar-refractivity contribution in [2.75, 3.05) is 24.7 Å². The fourth-order valence-corrected chi connectivity index (χ4v) is 2.82. The number of carbonyl (C=O) groups is 1. The second-order valence-corrected chi connectivity index (χ2v) is 6.24. The predicted octanol–water partition coefficient (Wildman–Crippen LogP) is 3.21. The number of benzene rings is 2. The third kappa shape index (κ3) is 3.94. The highest BCUT2D eigenvalue weighted by atomic mass is 16.5. The first kappa shape index (κ1) is 17.3. The zero-order valence-corrected chi connectivity index (χ0v) is 14.7. The van der Waals surface area contributed by atoms with Crippen LogP contribution in [0.2, 0.25) is 0 Å². The molecule has 5 nitrogen and oxygen atoms in total. The number of hydrogen-bond acceptors (Lipinski definition) is 4. The van der Waals surface area contributed by atoms with Crippen LogP contribution in [-0.2, 0) is 4.79 Å². The van der Waals surface area contributed by atoms with Crippen molar-refractivity contribution in [1.29, 1.82) is 0 Å². The van der Waals surface area contributed by atoms with Crippen LogP contribution in [-0.4, -0.2) is 25.7 Å². The molecule has 0 aliphatic carbocycles. The van der Waals surface area contributed by atoms with Crippen LogP contribution in [0.1, 0.15) is 30.5 Å². The van der Waals surface area contributed by atoms with E-state index in [-0.39, 0.29) is 18.6 Å². The summed E-state index contributed by atoms with van der Waals surface area (Å²) in [6.45, 7) is 5.01. The summed E-state index contributed by atoms with van der Waals surface area (Å²) in [6.07, 6.45) is 0.837. The Labute approximate surface area is 148 Å². The van der Waals surface area contributed by atoms with Gasteiger partial charge in [-0.05, 0) is 43.2 Å². The van der Waals surface area contributed by atoms with Crippen molar-refractivity contribution in [3.05, 3.63) is 53.6 Å². The number of nitrogens with zero attached hydrogens (tertiary/aromatic N) is 1. The van der Waals surface area contributed by atoms with E-state index >= 15 is 0 Å². The van der Waals surface area contributed by atoms with Crippen molar-refractivity contribution in [1.82, 2.24) is 0 Å². The van der Waals surface area contributed by atoms with E-state index in [4.69, 9.17) is 15.2 Å². The van der Waals surface area contributed by atoms with Gasteiger partial charge >= 0.3 is 0 Å². The number of nitrogens with two attached hydrogens (primary N) is 1. The fourth-order valence-electron chi connectivity index (χ4n) is 2.82. The Bertz CT molecular complexity index is 743. The summed E-state index contributed by atoms with van der Waals surface area (Å²) in [5.74, 6) is 1.44. The number of amides is 1. The Hall–Kier alpha value is -2.53. The SMILES string of the molecule is CCC(N)c1ccc2c(c1)N(CCOc1ccc(C)cc1)C(=O)CO2. The quantitative estimate of drug-likeness (QED) is 0.877. The van der Waals surface area contributed by atoms with E-state index in [1.807, 2.05) is 56.3 Å². The third-order valence-electron chi connectivity index (χ3n) is 4.40. The Morgan fingerprint density at radius 3 is 2.72 bits per heavy atom. The van der Waals surface area contributed by atoms with Crippen molar-refractivity contribution in [2.45, 2.75) is 26.3 Å². The maximum atomic E-state index is 12.3. The summed E-state index contributed by atoms with van der Waals surface area (Å²) >= 11 is 0. The first-order chi connectivity index (χ1) is 12.1. The van der Waals surface area contributed by atoms with Gasteiger partial charge in [-0.2, -0.15) is 0 Å². The van der Waals surface area contributed by atoms with Crippen molar-refractivity contribution in [3.8, 4) is 11.5 Å². The first-order valence-corrected chi connectivity index (χ1v) is 8.60. The molecule has 1 aliphatic heterocycles. The number of fused-ring (bicyclic) bond motifs is 1. The number of carbonyl (C=O) groups excluding carboxylic acids is 1. The molecule has 0 aromatic heterocycles. The highest BCUT2D eigenvalue weighted by Gasteiger charge is 2.26. The molecule has 0 fully saturated rings. The summed E-state index contributed by atoms with van der Waals surface area (Å²) in [7, 11) is 0. The summed E-state index contributed by atoms with van der Waals surface area (Å²) in [6, 6.07) is 13.6. The van der Waals surface area contributed by atoms with Crippen molar-refractivity contribution < 1.29 is 14.3 Å². The zero-order chi connectivity index (χ0) is 17.8. The molecule has 1 aliphatic rings. The van der Waals surface area contributed by atoms with Crippen molar-refractivity contribution in [2.24, 2.45) is 5.73 Å². The monoisotopic (exact) mass is 340 g/mol. The fraction of sp³-hybridized carbons (Fsp3) is 0.350. The third-order valence-corrected chi connectivity index (χ3v) is 4.40. The molecular formula is C20H24N2O3. The summed E-state index contributed by atoms with van der Waals surface area (Å²) in [4.78, 5) is 14.0. The molecule has 3 rings (SSSR count). The second-order valence-electron chi connectivity index (χ2n) is 6.24. The van der Waals surface area contributed by atoms with Gasteiger partial charge in [-0.25, -0.2) is 0 Å². The minimum absolute atomic E-state index is 0.0482. The highest BCUT2D eigenvalue weighted by Crippen LogP contribution is 2.34. The molecule has 25 heavy (non-hydrogen) atoms. The maximum absolute atomic E-state index is 12.3. The predicted molar refractivity (Wildman–Crippen MR) is 98.2 cm³/mol. The topological polar surface area (TPSA) is 64.8 Å². The molecular weight excluding hydrogens is 316 g/mol. The highest BCUT2D eigenvalue weighted by molar-refractivity contribution is 5.97. The molecule has 0 saturated heterocycles. The lowest BCUT2D eigenvalue weighted by atomic mass is 10.0. The molecule has 1 unspecified atom stereocenters. The lowest BCUT2D eigenvalue weighted by molar-refractivity contribution is -0.121. The standard InChI is InChI=1S/C20H24N2O3/c1-3-17(21)15-6-9-19-18(12-15)22(20(23)13-25-19)10-11-24-16-7-4-14(2)5-8-16/h4-9,12,17H,3,10-11,13,21H2,1-2H3. The number of hydrogen-bond donors (Lipinski definition) is 1. The molecule has 0 saturated carbocycles. The number of ether oxygens (including phenoxy) is 2. The van der Waals surface area contributed by atoms with Crippen molar-refractivity contribution in [3.63, 3.8) is 0 Å². The molecule has 2 N–H and O–H groups in total. The van der Waals surface area contributed by atoms with Gasteiger partial charge in [-0.15, -0.1) is 0 Å². The zero-order valence-electron chi connectivity index (χ0n) is 14.7. The van der Waals surface area contributed by atoms with Gasteiger partial charge in [0.05, 0.1) is 12.2 Å². The maximum Gasteiger partial charge on any atom is 0.265 e. The van der Waals surface area contributed by atoms with E-state index in [2.05, 4.69) is 0 Å². The summed E-state index contributed by atoms with van der Waals surface area (Å²) in [5.41, 5.74) is 9.08.